The third-order valence-electron chi connectivity index (χ3n) is 2.72. The predicted octanol–water partition coefficient (Wildman–Crippen LogP) is 2.75. The smallest absolute Gasteiger partial charge is 0.375 e. The molecule has 0 atom stereocenters. The number of benzene rings is 1. The van der Waals surface area contributed by atoms with E-state index < -0.39 is 5.97 Å². The summed E-state index contributed by atoms with van der Waals surface area (Å²) in [7, 11) is 1.51. The second kappa shape index (κ2) is 5.50. The minimum absolute atomic E-state index is 0.0253. The third-order valence-corrected chi connectivity index (χ3v) is 3.03. The van der Waals surface area contributed by atoms with Crippen molar-refractivity contribution >= 4 is 17.6 Å². The molecule has 0 fully saturated rings. The number of carboxylic acids is 1. The minimum atomic E-state index is -1.16. The molecule has 7 heteroatoms. The molecule has 0 aliphatic rings. The van der Waals surface area contributed by atoms with Crippen LogP contribution in [0.4, 0.5) is 0 Å². The first-order valence-corrected chi connectivity index (χ1v) is 6.36. The van der Waals surface area contributed by atoms with Crippen LogP contribution in [0.2, 0.25) is 5.02 Å². The first-order chi connectivity index (χ1) is 9.43. The summed E-state index contributed by atoms with van der Waals surface area (Å²) in [6.45, 7) is 3.83. The number of rotatable bonds is 4. The van der Waals surface area contributed by atoms with E-state index in [9.17, 15) is 4.79 Å². The predicted molar refractivity (Wildman–Crippen MR) is 74.0 cm³/mol. The lowest BCUT2D eigenvalue weighted by Gasteiger charge is -2.10. The van der Waals surface area contributed by atoms with Gasteiger partial charge in [-0.3, -0.25) is 0 Å². The molecule has 0 bridgehead atoms. The Morgan fingerprint density at radius 3 is 2.70 bits per heavy atom. The van der Waals surface area contributed by atoms with E-state index in [0.29, 0.717) is 22.3 Å². The van der Waals surface area contributed by atoms with Gasteiger partial charge in [0.2, 0.25) is 0 Å². The van der Waals surface area contributed by atoms with Crippen molar-refractivity contribution in [1.82, 2.24) is 14.8 Å². The standard InChI is InChI=1S/C13H14ClN3O3/c1-7(2)12-15-11(13(18)19)16-17(12)8-4-5-9(14)10(6-8)20-3/h4-7H,1-3H3,(H,18,19). The van der Waals surface area contributed by atoms with Gasteiger partial charge >= 0.3 is 5.97 Å². The number of aromatic carboxylic acids is 1. The molecule has 0 spiro atoms. The average Bonchev–Trinajstić information content (AvgIpc) is 2.84. The molecule has 20 heavy (non-hydrogen) atoms. The van der Waals surface area contributed by atoms with Gasteiger partial charge in [0, 0.05) is 12.0 Å². The van der Waals surface area contributed by atoms with E-state index in [1.54, 1.807) is 18.2 Å². The van der Waals surface area contributed by atoms with Gasteiger partial charge in [-0.15, -0.1) is 5.10 Å². The summed E-state index contributed by atoms with van der Waals surface area (Å²) in [5.74, 6) is -0.315. The summed E-state index contributed by atoms with van der Waals surface area (Å²) in [6, 6.07) is 5.09. The molecule has 1 aromatic carbocycles. The maximum absolute atomic E-state index is 11.0. The summed E-state index contributed by atoms with van der Waals surface area (Å²) >= 11 is 5.98. The zero-order valence-electron chi connectivity index (χ0n) is 11.3. The lowest BCUT2D eigenvalue weighted by atomic mass is 10.2. The summed E-state index contributed by atoms with van der Waals surface area (Å²) in [6.07, 6.45) is 0. The Hall–Kier alpha value is -2.08. The van der Waals surface area contributed by atoms with Crippen LogP contribution in [-0.2, 0) is 0 Å². The van der Waals surface area contributed by atoms with Crippen LogP contribution in [0.5, 0.6) is 5.75 Å². The Labute approximate surface area is 121 Å². The SMILES string of the molecule is COc1cc(-n2nc(C(=O)O)nc2C(C)C)ccc1Cl. The molecule has 1 aromatic heterocycles. The van der Waals surface area contributed by atoms with Crippen LogP contribution in [0.15, 0.2) is 18.2 Å². The molecule has 0 saturated carbocycles. The molecule has 0 aliphatic heterocycles. The van der Waals surface area contributed by atoms with E-state index in [2.05, 4.69) is 10.1 Å². The van der Waals surface area contributed by atoms with Crippen LogP contribution < -0.4 is 4.74 Å². The van der Waals surface area contributed by atoms with Gasteiger partial charge < -0.3 is 9.84 Å². The highest BCUT2D eigenvalue weighted by molar-refractivity contribution is 6.32. The Morgan fingerprint density at radius 1 is 1.45 bits per heavy atom. The highest BCUT2D eigenvalue weighted by atomic mass is 35.5. The van der Waals surface area contributed by atoms with Crippen molar-refractivity contribution in [3.05, 3.63) is 34.9 Å². The molecule has 0 saturated heterocycles. The normalized spacial score (nSPS) is 10.8. The van der Waals surface area contributed by atoms with Crippen molar-refractivity contribution < 1.29 is 14.6 Å². The van der Waals surface area contributed by atoms with Crippen molar-refractivity contribution in [2.45, 2.75) is 19.8 Å². The Bertz CT molecular complexity index is 652. The van der Waals surface area contributed by atoms with Gasteiger partial charge in [0.1, 0.15) is 11.6 Å². The van der Waals surface area contributed by atoms with Crippen LogP contribution in [0.3, 0.4) is 0 Å². The van der Waals surface area contributed by atoms with Crippen LogP contribution in [0.25, 0.3) is 5.69 Å². The van der Waals surface area contributed by atoms with Crippen molar-refractivity contribution in [2.24, 2.45) is 0 Å². The minimum Gasteiger partial charge on any atom is -0.495 e. The Kier molecular flexibility index (Phi) is 3.94. The van der Waals surface area contributed by atoms with Gasteiger partial charge in [-0.2, -0.15) is 0 Å². The molecule has 1 heterocycles. The number of carbonyl (C=O) groups is 1. The average molecular weight is 296 g/mol. The molecular formula is C13H14ClN3O3. The van der Waals surface area contributed by atoms with E-state index in [4.69, 9.17) is 21.4 Å². The van der Waals surface area contributed by atoms with E-state index in [1.807, 2.05) is 13.8 Å². The fourth-order valence-electron chi connectivity index (χ4n) is 1.76. The summed E-state index contributed by atoms with van der Waals surface area (Å²) in [4.78, 5) is 15.1. The van der Waals surface area contributed by atoms with Crippen LogP contribution in [0, 0.1) is 0 Å². The number of ether oxygens (including phenoxy) is 1. The molecule has 0 amide bonds. The van der Waals surface area contributed by atoms with E-state index >= 15 is 0 Å². The van der Waals surface area contributed by atoms with Gasteiger partial charge in [-0.25, -0.2) is 14.5 Å². The van der Waals surface area contributed by atoms with Gasteiger partial charge in [-0.05, 0) is 12.1 Å². The highest BCUT2D eigenvalue weighted by Crippen LogP contribution is 2.28. The lowest BCUT2D eigenvalue weighted by Crippen LogP contribution is -2.05. The fraction of sp³-hybridized carbons (Fsp3) is 0.308. The first kappa shape index (κ1) is 14.3. The molecule has 6 nitrogen and oxygen atoms in total. The lowest BCUT2D eigenvalue weighted by molar-refractivity contribution is 0.0683. The van der Waals surface area contributed by atoms with Crippen LogP contribution in [0.1, 0.15) is 36.2 Å². The maximum Gasteiger partial charge on any atom is 0.375 e. The molecule has 1 N–H and O–H groups in total. The fourth-order valence-corrected chi connectivity index (χ4v) is 1.95. The molecule has 0 unspecified atom stereocenters. The van der Waals surface area contributed by atoms with Gasteiger partial charge in [-0.1, -0.05) is 25.4 Å². The molecule has 0 radical (unpaired) electrons. The topological polar surface area (TPSA) is 77.2 Å². The third kappa shape index (κ3) is 2.60. The summed E-state index contributed by atoms with van der Waals surface area (Å²) in [5, 5.41) is 13.5. The number of methoxy groups -OCH3 is 1. The van der Waals surface area contributed by atoms with Crippen molar-refractivity contribution in [3.8, 4) is 11.4 Å². The molecule has 2 aromatic rings. The van der Waals surface area contributed by atoms with Gasteiger partial charge in [0.05, 0.1) is 17.8 Å². The number of carboxylic acid groups (broad SMARTS) is 1. The first-order valence-electron chi connectivity index (χ1n) is 5.98. The molecule has 0 aliphatic carbocycles. The number of hydrogen-bond acceptors (Lipinski definition) is 4. The second-order valence-corrected chi connectivity index (χ2v) is 4.89. The highest BCUT2D eigenvalue weighted by Gasteiger charge is 2.19. The Morgan fingerprint density at radius 2 is 2.15 bits per heavy atom. The van der Waals surface area contributed by atoms with Crippen LogP contribution >= 0.6 is 11.6 Å². The van der Waals surface area contributed by atoms with Crippen molar-refractivity contribution in [1.29, 1.82) is 0 Å². The zero-order valence-corrected chi connectivity index (χ0v) is 12.0. The molecule has 2 rings (SSSR count). The second-order valence-electron chi connectivity index (χ2n) is 4.48. The largest absolute Gasteiger partial charge is 0.495 e. The maximum atomic E-state index is 11.0. The van der Waals surface area contributed by atoms with E-state index in [0.717, 1.165) is 0 Å². The van der Waals surface area contributed by atoms with Gasteiger partial charge in [0.25, 0.3) is 5.82 Å². The Balaban J connectivity index is 2.59. The summed E-state index contributed by atoms with van der Waals surface area (Å²) in [5.41, 5.74) is 0.648. The molecular weight excluding hydrogens is 282 g/mol. The number of halogens is 1. The van der Waals surface area contributed by atoms with Crippen molar-refractivity contribution in [3.63, 3.8) is 0 Å². The quantitative estimate of drug-likeness (QED) is 0.938. The van der Waals surface area contributed by atoms with Crippen LogP contribution in [-0.4, -0.2) is 33.0 Å². The zero-order chi connectivity index (χ0) is 14.9. The molecule has 106 valence electrons. The monoisotopic (exact) mass is 295 g/mol. The number of nitrogens with zero attached hydrogens (tertiary/aromatic N) is 3. The van der Waals surface area contributed by atoms with Crippen molar-refractivity contribution in [2.75, 3.05) is 7.11 Å². The van der Waals surface area contributed by atoms with E-state index in [1.165, 1.54) is 11.8 Å². The van der Waals surface area contributed by atoms with E-state index in [-0.39, 0.29) is 11.7 Å². The summed E-state index contributed by atoms with van der Waals surface area (Å²) < 4.78 is 6.64. The van der Waals surface area contributed by atoms with Gasteiger partial charge in [0.15, 0.2) is 0 Å². The number of hydrogen-bond donors (Lipinski definition) is 1. The number of aromatic nitrogens is 3.